The Labute approximate surface area is 179 Å². The largest absolute Gasteiger partial charge is 0.493 e. The van der Waals surface area contributed by atoms with Gasteiger partial charge in [-0.1, -0.05) is 36.4 Å². The van der Waals surface area contributed by atoms with Crippen molar-refractivity contribution < 1.29 is 14.3 Å². The van der Waals surface area contributed by atoms with Gasteiger partial charge in [0.2, 0.25) is 5.91 Å². The predicted molar refractivity (Wildman–Crippen MR) is 120 cm³/mol. The molecule has 160 valence electrons. The van der Waals surface area contributed by atoms with E-state index in [-0.39, 0.29) is 5.91 Å². The fourth-order valence-electron chi connectivity index (χ4n) is 3.54. The van der Waals surface area contributed by atoms with E-state index in [9.17, 15) is 4.79 Å². The summed E-state index contributed by atoms with van der Waals surface area (Å²) in [5.41, 5.74) is 2.25. The summed E-state index contributed by atoms with van der Waals surface area (Å²) >= 11 is 0. The first kappa shape index (κ1) is 21.9. The molecule has 1 fully saturated rings. The summed E-state index contributed by atoms with van der Waals surface area (Å²) in [6.45, 7) is 6.70. The first-order valence-electron chi connectivity index (χ1n) is 10.3. The molecular formula is C24H31N3O3. The van der Waals surface area contributed by atoms with Crippen LogP contribution in [-0.4, -0.2) is 69.2 Å². The number of nitrogens with one attached hydrogen (secondary N) is 1. The Morgan fingerprint density at radius 2 is 1.67 bits per heavy atom. The van der Waals surface area contributed by atoms with Gasteiger partial charge in [-0.25, -0.2) is 0 Å². The van der Waals surface area contributed by atoms with E-state index < -0.39 is 0 Å². The predicted octanol–water partition coefficient (Wildman–Crippen LogP) is 2.65. The van der Waals surface area contributed by atoms with E-state index in [1.807, 2.05) is 18.2 Å². The van der Waals surface area contributed by atoms with Crippen molar-refractivity contribution in [3.63, 3.8) is 0 Å². The topological polar surface area (TPSA) is 54.0 Å². The van der Waals surface area contributed by atoms with Crippen LogP contribution in [0, 0.1) is 0 Å². The fraction of sp³-hybridized carbons (Fsp3) is 0.375. The molecule has 1 amide bonds. The minimum Gasteiger partial charge on any atom is -0.493 e. The van der Waals surface area contributed by atoms with Gasteiger partial charge >= 0.3 is 0 Å². The third-order valence-corrected chi connectivity index (χ3v) is 5.28. The third kappa shape index (κ3) is 6.61. The molecule has 1 saturated heterocycles. The molecule has 0 aromatic heterocycles. The van der Waals surface area contributed by atoms with Crippen molar-refractivity contribution in [3.8, 4) is 11.5 Å². The molecule has 0 unspecified atom stereocenters. The lowest BCUT2D eigenvalue weighted by Gasteiger charge is -2.34. The molecule has 2 aromatic carbocycles. The van der Waals surface area contributed by atoms with Gasteiger partial charge in [-0.05, 0) is 29.3 Å². The second-order valence-electron chi connectivity index (χ2n) is 7.34. The van der Waals surface area contributed by atoms with Gasteiger partial charge in [0.1, 0.15) is 0 Å². The van der Waals surface area contributed by atoms with Crippen molar-refractivity contribution in [3.05, 3.63) is 65.7 Å². The maximum atomic E-state index is 12.1. The minimum atomic E-state index is -0.0903. The number of rotatable bonds is 9. The van der Waals surface area contributed by atoms with Crippen LogP contribution >= 0.6 is 0 Å². The quantitative estimate of drug-likeness (QED) is 0.646. The summed E-state index contributed by atoms with van der Waals surface area (Å²) in [6, 6.07) is 16.2. The van der Waals surface area contributed by atoms with Crippen LogP contribution in [0.2, 0.25) is 0 Å². The molecule has 0 radical (unpaired) electrons. The summed E-state index contributed by atoms with van der Waals surface area (Å²) in [5, 5.41) is 2.97. The highest BCUT2D eigenvalue weighted by Crippen LogP contribution is 2.27. The highest BCUT2D eigenvalue weighted by molar-refractivity contribution is 5.91. The number of nitrogens with zero attached hydrogens (tertiary/aromatic N) is 2. The number of carbonyl (C=O) groups is 1. The number of amides is 1. The van der Waals surface area contributed by atoms with Crippen LogP contribution in [0.1, 0.15) is 11.1 Å². The summed E-state index contributed by atoms with van der Waals surface area (Å²) in [6.07, 6.45) is 3.33. The summed E-state index contributed by atoms with van der Waals surface area (Å²) in [4.78, 5) is 17.0. The molecule has 1 aliphatic rings. The summed E-state index contributed by atoms with van der Waals surface area (Å²) in [5.74, 6) is 1.22. The number of hydrogen-bond donors (Lipinski definition) is 1. The Balaban J connectivity index is 1.35. The molecule has 1 N–H and O–H groups in total. The first-order valence-corrected chi connectivity index (χ1v) is 10.3. The van der Waals surface area contributed by atoms with E-state index in [1.54, 1.807) is 26.4 Å². The van der Waals surface area contributed by atoms with Crippen molar-refractivity contribution in [1.82, 2.24) is 15.1 Å². The smallest absolute Gasteiger partial charge is 0.244 e. The average Bonchev–Trinajstić information content (AvgIpc) is 2.79. The zero-order valence-electron chi connectivity index (χ0n) is 17.8. The Morgan fingerprint density at radius 1 is 0.967 bits per heavy atom. The molecule has 0 spiro atoms. The molecule has 0 bridgehead atoms. The van der Waals surface area contributed by atoms with Crippen molar-refractivity contribution in [2.45, 2.75) is 6.54 Å². The Hall–Kier alpha value is -2.83. The SMILES string of the molecule is COc1ccc(/C=C/C(=O)NCCN2CCN(Cc3ccccc3)CC2)cc1OC. The molecule has 0 aliphatic carbocycles. The molecule has 6 heteroatoms. The van der Waals surface area contributed by atoms with Gasteiger partial charge in [-0.3, -0.25) is 14.6 Å². The second kappa shape index (κ2) is 11.4. The van der Waals surface area contributed by atoms with Crippen LogP contribution < -0.4 is 14.8 Å². The molecule has 0 atom stereocenters. The summed E-state index contributed by atoms with van der Waals surface area (Å²) in [7, 11) is 3.20. The van der Waals surface area contributed by atoms with Crippen LogP contribution in [-0.2, 0) is 11.3 Å². The monoisotopic (exact) mass is 409 g/mol. The van der Waals surface area contributed by atoms with Gasteiger partial charge in [0.15, 0.2) is 11.5 Å². The van der Waals surface area contributed by atoms with Crippen LogP contribution in [0.3, 0.4) is 0 Å². The van der Waals surface area contributed by atoms with E-state index in [2.05, 4.69) is 45.4 Å². The number of hydrogen-bond acceptors (Lipinski definition) is 5. The van der Waals surface area contributed by atoms with Gasteiger partial charge in [0, 0.05) is 51.9 Å². The number of benzene rings is 2. The van der Waals surface area contributed by atoms with Gasteiger partial charge < -0.3 is 14.8 Å². The average molecular weight is 410 g/mol. The normalized spacial score (nSPS) is 15.3. The third-order valence-electron chi connectivity index (χ3n) is 5.28. The van der Waals surface area contributed by atoms with Crippen LogP contribution in [0.5, 0.6) is 11.5 Å². The second-order valence-corrected chi connectivity index (χ2v) is 7.34. The van der Waals surface area contributed by atoms with Crippen LogP contribution in [0.25, 0.3) is 6.08 Å². The standard InChI is InChI=1S/C24H31N3O3/c1-29-22-10-8-20(18-23(22)30-2)9-11-24(28)25-12-13-26-14-16-27(17-15-26)19-21-6-4-3-5-7-21/h3-11,18H,12-17,19H2,1-2H3,(H,25,28)/b11-9+. The molecular weight excluding hydrogens is 378 g/mol. The van der Waals surface area contributed by atoms with Crippen molar-refractivity contribution in [1.29, 1.82) is 0 Å². The van der Waals surface area contributed by atoms with E-state index in [0.29, 0.717) is 18.0 Å². The lowest BCUT2D eigenvalue weighted by Crippen LogP contribution is -2.47. The number of carbonyl (C=O) groups excluding carboxylic acids is 1. The number of ether oxygens (including phenoxy) is 2. The summed E-state index contributed by atoms with van der Waals surface area (Å²) < 4.78 is 10.5. The minimum absolute atomic E-state index is 0.0903. The fourth-order valence-corrected chi connectivity index (χ4v) is 3.54. The van der Waals surface area contributed by atoms with E-state index >= 15 is 0 Å². The van der Waals surface area contributed by atoms with E-state index in [0.717, 1.165) is 44.8 Å². The Kier molecular flexibility index (Phi) is 8.30. The molecule has 6 nitrogen and oxygen atoms in total. The number of methoxy groups -OCH3 is 2. The van der Waals surface area contributed by atoms with Crippen molar-refractivity contribution >= 4 is 12.0 Å². The molecule has 3 rings (SSSR count). The Morgan fingerprint density at radius 3 is 2.37 bits per heavy atom. The van der Waals surface area contributed by atoms with Gasteiger partial charge in [-0.15, -0.1) is 0 Å². The van der Waals surface area contributed by atoms with Gasteiger partial charge in [0.25, 0.3) is 0 Å². The maximum Gasteiger partial charge on any atom is 0.244 e. The molecule has 0 saturated carbocycles. The Bertz CT molecular complexity index is 831. The van der Waals surface area contributed by atoms with E-state index in [1.165, 1.54) is 5.56 Å². The molecule has 2 aromatic rings. The van der Waals surface area contributed by atoms with Crippen molar-refractivity contribution in [2.75, 3.05) is 53.5 Å². The zero-order chi connectivity index (χ0) is 21.2. The lowest BCUT2D eigenvalue weighted by atomic mass is 10.2. The van der Waals surface area contributed by atoms with Crippen molar-refractivity contribution in [2.24, 2.45) is 0 Å². The molecule has 30 heavy (non-hydrogen) atoms. The zero-order valence-corrected chi connectivity index (χ0v) is 17.8. The number of piperazine rings is 1. The van der Waals surface area contributed by atoms with E-state index in [4.69, 9.17) is 9.47 Å². The van der Waals surface area contributed by atoms with Gasteiger partial charge in [0.05, 0.1) is 14.2 Å². The first-order chi connectivity index (χ1) is 14.7. The highest BCUT2D eigenvalue weighted by Gasteiger charge is 2.16. The highest BCUT2D eigenvalue weighted by atomic mass is 16.5. The van der Waals surface area contributed by atoms with Gasteiger partial charge in [-0.2, -0.15) is 0 Å². The maximum absolute atomic E-state index is 12.1. The van der Waals surface area contributed by atoms with Crippen LogP contribution in [0.15, 0.2) is 54.6 Å². The lowest BCUT2D eigenvalue weighted by molar-refractivity contribution is -0.116. The van der Waals surface area contributed by atoms with Crippen LogP contribution in [0.4, 0.5) is 0 Å². The molecule has 1 heterocycles. The molecule has 1 aliphatic heterocycles.